The lowest BCUT2D eigenvalue weighted by atomic mass is 10.2. The fourth-order valence-corrected chi connectivity index (χ4v) is 4.16. The van der Waals surface area contributed by atoms with E-state index in [9.17, 15) is 0 Å². The molecule has 0 aliphatic carbocycles. The lowest BCUT2D eigenvalue weighted by Crippen LogP contribution is -2.31. The maximum atomic E-state index is 4.57. The van der Waals surface area contributed by atoms with Gasteiger partial charge in [0.15, 0.2) is 0 Å². The smallest absolute Gasteiger partial charge is 0.118 e. The fraction of sp³-hybridized carbons (Fsp3) is 0.417. The van der Waals surface area contributed by atoms with Crippen LogP contribution in [0.1, 0.15) is 12.8 Å². The van der Waals surface area contributed by atoms with Gasteiger partial charge >= 0.3 is 0 Å². The van der Waals surface area contributed by atoms with E-state index in [0.717, 1.165) is 6.54 Å². The Hall–Kier alpha value is -0.580. The first-order chi connectivity index (χ1) is 7.93. The molecule has 1 aliphatic rings. The second-order valence-corrected chi connectivity index (χ2v) is 6.16. The maximum Gasteiger partial charge on any atom is 0.118 e. The summed E-state index contributed by atoms with van der Waals surface area (Å²) in [5.41, 5.74) is 0. The van der Waals surface area contributed by atoms with Crippen molar-refractivity contribution in [2.45, 2.75) is 23.1 Å². The number of benzene rings is 1. The quantitative estimate of drug-likeness (QED) is 0.886. The Kier molecular flexibility index (Phi) is 3.13. The molecule has 1 aromatic heterocycles. The lowest BCUT2D eigenvalue weighted by molar-refractivity contribution is 0.531. The van der Waals surface area contributed by atoms with Gasteiger partial charge in [-0.1, -0.05) is 30.0 Å². The van der Waals surface area contributed by atoms with E-state index in [2.05, 4.69) is 34.0 Å². The first kappa shape index (κ1) is 10.6. The van der Waals surface area contributed by atoms with Crippen LogP contribution in [0.25, 0.3) is 10.1 Å². The summed E-state index contributed by atoms with van der Waals surface area (Å²) in [6.07, 6.45) is 2.60. The summed E-state index contributed by atoms with van der Waals surface area (Å²) in [6.45, 7) is 2.30. The van der Waals surface area contributed by atoms with Crippen LogP contribution in [0.4, 0.5) is 0 Å². The average Bonchev–Trinajstić information content (AvgIpc) is 2.74. The second-order valence-electron chi connectivity index (χ2n) is 4.07. The van der Waals surface area contributed by atoms with Crippen LogP contribution in [-0.2, 0) is 0 Å². The number of hydrogen-bond acceptors (Lipinski definition) is 4. The zero-order chi connectivity index (χ0) is 10.8. The molecule has 1 fully saturated rings. The Balaban J connectivity index is 1.83. The molecular formula is C12H14N2S2. The molecule has 1 aromatic carbocycles. The van der Waals surface area contributed by atoms with Crippen LogP contribution in [0.3, 0.4) is 0 Å². The van der Waals surface area contributed by atoms with E-state index < -0.39 is 0 Å². The summed E-state index contributed by atoms with van der Waals surface area (Å²) < 4.78 is 5.87. The Morgan fingerprint density at radius 2 is 2.31 bits per heavy atom. The highest BCUT2D eigenvalue weighted by Crippen LogP contribution is 2.34. The van der Waals surface area contributed by atoms with E-state index in [4.69, 9.17) is 0 Å². The molecule has 4 heteroatoms. The third kappa shape index (κ3) is 2.10. The highest BCUT2D eigenvalue weighted by molar-refractivity contribution is 8.00. The Bertz CT molecular complexity index is 475. The Morgan fingerprint density at radius 1 is 1.38 bits per heavy atom. The predicted octanol–water partition coefficient (Wildman–Crippen LogP) is 3.14. The number of piperidine rings is 1. The van der Waals surface area contributed by atoms with E-state index >= 15 is 0 Å². The van der Waals surface area contributed by atoms with Gasteiger partial charge < -0.3 is 5.32 Å². The summed E-state index contributed by atoms with van der Waals surface area (Å²) in [5, 5.41) is 6.68. The van der Waals surface area contributed by atoms with Crippen LogP contribution in [0.5, 0.6) is 0 Å². The molecule has 3 rings (SSSR count). The van der Waals surface area contributed by atoms with Crippen molar-refractivity contribution in [3.05, 3.63) is 24.3 Å². The number of aromatic nitrogens is 1. The van der Waals surface area contributed by atoms with Gasteiger partial charge in [-0.25, -0.2) is 0 Å². The molecule has 16 heavy (non-hydrogen) atoms. The highest BCUT2D eigenvalue weighted by atomic mass is 32.2. The van der Waals surface area contributed by atoms with Gasteiger partial charge in [0.2, 0.25) is 0 Å². The van der Waals surface area contributed by atoms with E-state index in [1.165, 1.54) is 34.5 Å². The highest BCUT2D eigenvalue weighted by Gasteiger charge is 2.16. The van der Waals surface area contributed by atoms with Crippen LogP contribution in [-0.4, -0.2) is 22.7 Å². The lowest BCUT2D eigenvalue weighted by Gasteiger charge is -2.21. The molecule has 0 bridgehead atoms. The SMILES string of the molecule is c1ccc2c(SC3CCCNC3)nsc2c1. The Labute approximate surface area is 104 Å². The molecule has 0 spiro atoms. The number of rotatable bonds is 2. The molecule has 1 saturated heterocycles. The van der Waals surface area contributed by atoms with Crippen molar-refractivity contribution in [2.75, 3.05) is 13.1 Å². The van der Waals surface area contributed by atoms with E-state index in [1.807, 2.05) is 11.8 Å². The zero-order valence-corrected chi connectivity index (χ0v) is 10.6. The van der Waals surface area contributed by atoms with Crippen molar-refractivity contribution in [1.29, 1.82) is 0 Å². The standard InChI is InChI=1S/C12H14N2S2/c1-2-6-11-10(5-1)12(14-16-11)15-9-4-3-7-13-8-9/h1-2,5-6,9,13H,3-4,7-8H2. The van der Waals surface area contributed by atoms with Gasteiger partial charge in [-0.2, -0.15) is 4.37 Å². The molecular weight excluding hydrogens is 236 g/mol. The third-order valence-electron chi connectivity index (χ3n) is 2.87. The van der Waals surface area contributed by atoms with Gasteiger partial charge in [0.05, 0.1) is 4.70 Å². The molecule has 0 saturated carbocycles. The summed E-state index contributed by atoms with van der Waals surface area (Å²) in [5.74, 6) is 0. The van der Waals surface area contributed by atoms with Gasteiger partial charge in [0.25, 0.3) is 0 Å². The van der Waals surface area contributed by atoms with Crippen LogP contribution in [0, 0.1) is 0 Å². The first-order valence-corrected chi connectivity index (χ1v) is 7.30. The first-order valence-electron chi connectivity index (χ1n) is 5.65. The minimum absolute atomic E-state index is 0.694. The van der Waals surface area contributed by atoms with Crippen molar-refractivity contribution < 1.29 is 0 Å². The number of fused-ring (bicyclic) bond motifs is 1. The van der Waals surface area contributed by atoms with Crippen molar-refractivity contribution >= 4 is 33.4 Å². The average molecular weight is 250 g/mol. The van der Waals surface area contributed by atoms with Crippen molar-refractivity contribution in [2.24, 2.45) is 0 Å². The van der Waals surface area contributed by atoms with Crippen molar-refractivity contribution in [3.63, 3.8) is 0 Å². The molecule has 2 heterocycles. The number of hydrogen-bond donors (Lipinski definition) is 1. The van der Waals surface area contributed by atoms with E-state index in [-0.39, 0.29) is 0 Å². The van der Waals surface area contributed by atoms with Crippen LogP contribution >= 0.6 is 23.3 Å². The van der Waals surface area contributed by atoms with Gasteiger partial charge in [0.1, 0.15) is 5.03 Å². The second kappa shape index (κ2) is 4.73. The molecule has 0 amide bonds. The maximum absolute atomic E-state index is 4.57. The normalized spacial score (nSPS) is 21.4. The third-order valence-corrected chi connectivity index (χ3v) is 5.09. The minimum atomic E-state index is 0.694. The molecule has 0 radical (unpaired) electrons. The van der Waals surface area contributed by atoms with Crippen LogP contribution < -0.4 is 5.32 Å². The number of nitrogens with one attached hydrogen (secondary N) is 1. The molecule has 1 unspecified atom stereocenters. The van der Waals surface area contributed by atoms with Gasteiger partial charge in [-0.3, -0.25) is 0 Å². The van der Waals surface area contributed by atoms with Crippen molar-refractivity contribution in [3.8, 4) is 0 Å². The number of nitrogens with zero attached hydrogens (tertiary/aromatic N) is 1. The molecule has 1 aliphatic heterocycles. The van der Waals surface area contributed by atoms with Crippen molar-refractivity contribution in [1.82, 2.24) is 9.69 Å². The largest absolute Gasteiger partial charge is 0.316 e. The van der Waals surface area contributed by atoms with Gasteiger partial charge in [-0.05, 0) is 37.0 Å². The summed E-state index contributed by atoms with van der Waals surface area (Å²) >= 11 is 3.55. The molecule has 2 aromatic rings. The summed E-state index contributed by atoms with van der Waals surface area (Å²) in [4.78, 5) is 0. The molecule has 1 atom stereocenters. The Morgan fingerprint density at radius 3 is 3.19 bits per heavy atom. The monoisotopic (exact) mass is 250 g/mol. The van der Waals surface area contributed by atoms with Crippen LogP contribution in [0.15, 0.2) is 29.3 Å². The summed E-state index contributed by atoms with van der Waals surface area (Å²) in [6, 6.07) is 8.50. The number of thioether (sulfide) groups is 1. The van der Waals surface area contributed by atoms with E-state index in [1.54, 1.807) is 11.5 Å². The summed E-state index contributed by atoms with van der Waals surface area (Å²) in [7, 11) is 0. The van der Waals surface area contributed by atoms with Crippen LogP contribution in [0.2, 0.25) is 0 Å². The van der Waals surface area contributed by atoms with E-state index in [0.29, 0.717) is 5.25 Å². The van der Waals surface area contributed by atoms with Gasteiger partial charge in [-0.15, -0.1) is 0 Å². The predicted molar refractivity (Wildman–Crippen MR) is 71.4 cm³/mol. The fourth-order valence-electron chi connectivity index (χ4n) is 2.03. The minimum Gasteiger partial charge on any atom is -0.316 e. The molecule has 84 valence electrons. The topological polar surface area (TPSA) is 24.9 Å². The van der Waals surface area contributed by atoms with Gasteiger partial charge in [0, 0.05) is 17.2 Å². The zero-order valence-electron chi connectivity index (χ0n) is 8.98. The molecule has 1 N–H and O–H groups in total. The molecule has 2 nitrogen and oxygen atoms in total.